The molecule has 2 fully saturated rings. The first-order chi connectivity index (χ1) is 25.2. The lowest BCUT2D eigenvalue weighted by Crippen LogP contribution is -2.59. The summed E-state index contributed by atoms with van der Waals surface area (Å²) in [6, 6.07) is 21.4. The smallest absolute Gasteiger partial charge is 0.259 e. The van der Waals surface area contributed by atoms with E-state index < -0.39 is 5.82 Å². The first-order valence-electron chi connectivity index (χ1n) is 17.5. The summed E-state index contributed by atoms with van der Waals surface area (Å²) in [6.45, 7) is 5.59. The van der Waals surface area contributed by atoms with Crippen LogP contribution in [0, 0.1) is 18.2 Å². The topological polar surface area (TPSA) is 90.6 Å². The zero-order chi connectivity index (χ0) is 35.6. The van der Waals surface area contributed by atoms with Crippen molar-refractivity contribution in [2.45, 2.75) is 26.2 Å². The fourth-order valence-electron chi connectivity index (χ4n) is 7.85. The number of carbonyl (C=O) groups is 2. The van der Waals surface area contributed by atoms with E-state index in [9.17, 15) is 14.0 Å². The van der Waals surface area contributed by atoms with Gasteiger partial charge in [-0.15, -0.1) is 11.3 Å². The number of ether oxygens (including phenoxy) is 1. The third-order valence-electron chi connectivity index (χ3n) is 10.6. The van der Waals surface area contributed by atoms with Gasteiger partial charge in [0.2, 0.25) is 0 Å². The van der Waals surface area contributed by atoms with Gasteiger partial charge in [0.15, 0.2) is 0 Å². The van der Waals surface area contributed by atoms with Gasteiger partial charge in [-0.3, -0.25) is 9.59 Å². The molecule has 52 heavy (non-hydrogen) atoms. The van der Waals surface area contributed by atoms with E-state index in [2.05, 4.69) is 26.3 Å². The normalized spacial score (nSPS) is 16.3. The van der Waals surface area contributed by atoms with Crippen LogP contribution in [0.2, 0.25) is 5.02 Å². The van der Waals surface area contributed by atoms with Crippen molar-refractivity contribution in [1.82, 2.24) is 9.97 Å². The Bertz CT molecular complexity index is 2370. The molecule has 262 valence electrons. The number of para-hydroxylation sites is 1. The average Bonchev–Trinajstić information content (AvgIpc) is 3.73. The molecule has 0 radical (unpaired) electrons. The molecule has 2 amide bonds. The molecule has 11 heteroatoms. The minimum absolute atomic E-state index is 0.238. The highest BCUT2D eigenvalue weighted by atomic mass is 35.5. The van der Waals surface area contributed by atoms with E-state index in [0.29, 0.717) is 46.3 Å². The lowest BCUT2D eigenvalue weighted by atomic mass is 9.73. The van der Waals surface area contributed by atoms with Crippen molar-refractivity contribution in [3.8, 4) is 20.9 Å². The van der Waals surface area contributed by atoms with E-state index in [1.165, 1.54) is 12.1 Å². The van der Waals surface area contributed by atoms with Gasteiger partial charge in [0.05, 0.1) is 21.8 Å². The van der Waals surface area contributed by atoms with E-state index in [1.54, 1.807) is 52.8 Å². The number of anilines is 3. The van der Waals surface area contributed by atoms with Gasteiger partial charge in [0.25, 0.3) is 11.8 Å². The maximum atomic E-state index is 14.8. The molecule has 3 aliphatic heterocycles. The number of nitrogens with zero attached hydrogens (tertiary/aromatic N) is 3. The molecule has 3 aromatic heterocycles. The Labute approximate surface area is 309 Å². The SMILES string of the molecule is Cc1cnc(N2CC3(CCOCC3)C2)c(C(=O)Nc2ccc(C(=O)N3CCc4cc(-c5c[nH]c6c(Cl)cccc56)sc4-c4ccc(F)cc43)cc2)c1. The number of halogens is 2. The maximum absolute atomic E-state index is 14.8. The number of aromatic nitrogens is 2. The summed E-state index contributed by atoms with van der Waals surface area (Å²) in [4.78, 5) is 41.6. The number of hydrogen-bond donors (Lipinski definition) is 2. The van der Waals surface area contributed by atoms with Crippen LogP contribution < -0.4 is 15.1 Å². The summed E-state index contributed by atoms with van der Waals surface area (Å²) in [6.07, 6.45) is 6.42. The minimum atomic E-state index is -0.410. The number of aryl methyl sites for hydroxylation is 1. The molecule has 0 bridgehead atoms. The van der Waals surface area contributed by atoms with Crippen LogP contribution in [0.4, 0.5) is 21.6 Å². The number of thiophene rings is 1. The van der Waals surface area contributed by atoms with E-state index in [4.69, 9.17) is 16.3 Å². The molecule has 0 unspecified atom stereocenters. The largest absolute Gasteiger partial charge is 0.381 e. The molecule has 2 saturated heterocycles. The standard InChI is InChI=1S/C41H35ClFN5O3S/c1-24-17-31(38(45-20-24)47-22-41(23-47)12-15-51-16-13-41)39(49)46-28-8-5-25(6-9-28)40(50)48-14-11-26-18-35(32-21-44-36-29(32)3-2-4-33(36)42)52-37(26)30-10-7-27(43)19-34(30)48/h2-10,17-21,44H,11-16,22-23H2,1H3,(H,46,49). The molecule has 0 atom stereocenters. The first-order valence-corrected chi connectivity index (χ1v) is 18.7. The molecule has 1 spiro atoms. The van der Waals surface area contributed by atoms with Crippen LogP contribution in [0.5, 0.6) is 0 Å². The lowest BCUT2D eigenvalue weighted by Gasteiger charge is -2.53. The summed E-state index contributed by atoms with van der Waals surface area (Å²) in [5.74, 6) is -0.217. The summed E-state index contributed by atoms with van der Waals surface area (Å²) < 4.78 is 20.4. The second-order valence-electron chi connectivity index (χ2n) is 14.1. The van der Waals surface area contributed by atoms with Gasteiger partial charge >= 0.3 is 0 Å². The van der Waals surface area contributed by atoms with Crippen molar-refractivity contribution < 1.29 is 18.7 Å². The van der Waals surface area contributed by atoms with Crippen LogP contribution in [0.3, 0.4) is 0 Å². The highest BCUT2D eigenvalue weighted by Crippen LogP contribution is 2.47. The Hall–Kier alpha value is -5.03. The molecular weight excluding hydrogens is 697 g/mol. The Morgan fingerprint density at radius 1 is 1.02 bits per heavy atom. The van der Waals surface area contributed by atoms with Crippen molar-refractivity contribution in [3.63, 3.8) is 0 Å². The molecule has 0 saturated carbocycles. The molecule has 6 aromatic rings. The van der Waals surface area contributed by atoms with Crippen LogP contribution in [0.15, 0.2) is 85.2 Å². The van der Waals surface area contributed by atoms with Crippen molar-refractivity contribution in [3.05, 3.63) is 118 Å². The summed E-state index contributed by atoms with van der Waals surface area (Å²) >= 11 is 8.07. The fraction of sp³-hybridized carbons (Fsp3) is 0.244. The van der Waals surface area contributed by atoms with E-state index >= 15 is 0 Å². The lowest BCUT2D eigenvalue weighted by molar-refractivity contribution is -0.000510. The highest BCUT2D eigenvalue weighted by Gasteiger charge is 2.45. The third kappa shape index (κ3) is 5.75. The molecular formula is C41H35ClFN5O3S. The Morgan fingerprint density at radius 2 is 1.83 bits per heavy atom. The van der Waals surface area contributed by atoms with Crippen molar-refractivity contribution >= 4 is 62.8 Å². The predicted octanol–water partition coefficient (Wildman–Crippen LogP) is 9.13. The average molecular weight is 732 g/mol. The fourth-order valence-corrected chi connectivity index (χ4v) is 9.35. The van der Waals surface area contributed by atoms with Crippen LogP contribution >= 0.6 is 22.9 Å². The number of amides is 2. The van der Waals surface area contributed by atoms with Gasteiger partial charge in [0, 0.05) is 88.2 Å². The van der Waals surface area contributed by atoms with E-state index in [-0.39, 0.29) is 17.2 Å². The van der Waals surface area contributed by atoms with Gasteiger partial charge in [-0.1, -0.05) is 23.7 Å². The van der Waals surface area contributed by atoms with Gasteiger partial charge < -0.3 is 24.8 Å². The number of hydrogen-bond acceptors (Lipinski definition) is 6. The van der Waals surface area contributed by atoms with Crippen LogP contribution in [0.25, 0.3) is 31.8 Å². The molecule has 3 aliphatic rings. The molecule has 2 N–H and O–H groups in total. The van der Waals surface area contributed by atoms with E-state index in [1.807, 2.05) is 37.4 Å². The van der Waals surface area contributed by atoms with Crippen LogP contribution in [-0.2, 0) is 11.2 Å². The molecule has 3 aromatic carbocycles. The number of H-pyrrole nitrogens is 1. The van der Waals surface area contributed by atoms with Gasteiger partial charge in [-0.2, -0.15) is 0 Å². The highest BCUT2D eigenvalue weighted by molar-refractivity contribution is 7.19. The van der Waals surface area contributed by atoms with Gasteiger partial charge in [0.1, 0.15) is 11.6 Å². The van der Waals surface area contributed by atoms with Crippen molar-refractivity contribution in [1.29, 1.82) is 0 Å². The third-order valence-corrected chi connectivity index (χ3v) is 12.2. The maximum Gasteiger partial charge on any atom is 0.259 e. The van der Waals surface area contributed by atoms with Crippen molar-refractivity contribution in [2.24, 2.45) is 5.41 Å². The summed E-state index contributed by atoms with van der Waals surface area (Å²) in [5.41, 5.74) is 7.05. The Kier molecular flexibility index (Phi) is 8.13. The number of fused-ring (bicyclic) bond motifs is 4. The quantitative estimate of drug-likeness (QED) is 0.185. The molecule has 9 rings (SSSR count). The van der Waals surface area contributed by atoms with Crippen molar-refractivity contribution in [2.75, 3.05) is 48.0 Å². The number of nitrogens with one attached hydrogen (secondary N) is 2. The molecule has 8 nitrogen and oxygen atoms in total. The number of pyridine rings is 1. The zero-order valence-electron chi connectivity index (χ0n) is 28.5. The zero-order valence-corrected chi connectivity index (χ0v) is 30.0. The number of carbonyl (C=O) groups excluding carboxylic acids is 2. The number of aromatic amines is 1. The second-order valence-corrected chi connectivity index (χ2v) is 15.5. The van der Waals surface area contributed by atoms with Gasteiger partial charge in [-0.05, 0) is 98.0 Å². The predicted molar refractivity (Wildman–Crippen MR) is 205 cm³/mol. The monoisotopic (exact) mass is 731 g/mol. The van der Waals surface area contributed by atoms with Crippen LogP contribution in [0.1, 0.15) is 44.7 Å². The number of benzene rings is 3. The Balaban J connectivity index is 0.947. The minimum Gasteiger partial charge on any atom is -0.381 e. The van der Waals surface area contributed by atoms with Crippen LogP contribution in [-0.4, -0.2) is 54.6 Å². The second kappa shape index (κ2) is 12.9. The van der Waals surface area contributed by atoms with E-state index in [0.717, 1.165) is 82.1 Å². The first kappa shape index (κ1) is 32.8. The van der Waals surface area contributed by atoms with Gasteiger partial charge in [-0.25, -0.2) is 9.37 Å². The summed E-state index contributed by atoms with van der Waals surface area (Å²) in [5, 5.41) is 4.71. The molecule has 0 aliphatic carbocycles. The molecule has 6 heterocycles. The summed E-state index contributed by atoms with van der Waals surface area (Å²) in [7, 11) is 0. The Morgan fingerprint density at radius 3 is 2.63 bits per heavy atom. The number of rotatable bonds is 5.